The van der Waals surface area contributed by atoms with E-state index < -0.39 is 0 Å². The average molecular weight is 383 g/mol. The lowest BCUT2D eigenvalue weighted by Crippen LogP contribution is -2.30. The molecule has 0 aliphatic carbocycles. The van der Waals surface area contributed by atoms with E-state index in [1.54, 1.807) is 44.6 Å². The summed E-state index contributed by atoms with van der Waals surface area (Å²) in [4.78, 5) is 12.2. The minimum Gasteiger partial charge on any atom is -0.497 e. The Kier molecular flexibility index (Phi) is 6.93. The molecule has 0 saturated heterocycles. The SMILES string of the molecule is COc1ccc(OC)c(NC(=O)CN[C@H](C)c2ccc(Cl)cc2Cl)c1. The van der Waals surface area contributed by atoms with Crippen LogP contribution in [0.5, 0.6) is 11.5 Å². The summed E-state index contributed by atoms with van der Waals surface area (Å²) in [5.41, 5.74) is 1.42. The second kappa shape index (κ2) is 8.94. The lowest BCUT2D eigenvalue weighted by molar-refractivity contribution is -0.115. The number of anilines is 1. The Morgan fingerprint density at radius 3 is 2.52 bits per heavy atom. The maximum absolute atomic E-state index is 12.2. The predicted molar refractivity (Wildman–Crippen MR) is 101 cm³/mol. The number of hydrogen-bond acceptors (Lipinski definition) is 4. The van der Waals surface area contributed by atoms with Gasteiger partial charge in [0.1, 0.15) is 11.5 Å². The minimum atomic E-state index is -0.205. The van der Waals surface area contributed by atoms with Crippen molar-refractivity contribution in [2.45, 2.75) is 13.0 Å². The first-order valence-electron chi connectivity index (χ1n) is 7.64. The van der Waals surface area contributed by atoms with E-state index in [-0.39, 0.29) is 18.5 Å². The number of rotatable bonds is 7. The zero-order chi connectivity index (χ0) is 18.4. The summed E-state index contributed by atoms with van der Waals surface area (Å²) < 4.78 is 10.4. The molecule has 0 unspecified atom stereocenters. The van der Waals surface area contributed by atoms with Gasteiger partial charge in [-0.3, -0.25) is 4.79 Å². The van der Waals surface area contributed by atoms with Gasteiger partial charge in [0, 0.05) is 22.2 Å². The van der Waals surface area contributed by atoms with Gasteiger partial charge in [0.05, 0.1) is 26.5 Å². The first-order chi connectivity index (χ1) is 11.9. The summed E-state index contributed by atoms with van der Waals surface area (Å²) in [6, 6.07) is 10.4. The molecule has 0 fully saturated rings. The molecule has 2 aromatic carbocycles. The number of hydrogen-bond donors (Lipinski definition) is 2. The van der Waals surface area contributed by atoms with Gasteiger partial charge in [-0.1, -0.05) is 29.3 Å². The number of methoxy groups -OCH3 is 2. The molecule has 0 aliphatic rings. The number of carbonyl (C=O) groups excluding carboxylic acids is 1. The highest BCUT2D eigenvalue weighted by molar-refractivity contribution is 6.35. The van der Waals surface area contributed by atoms with Gasteiger partial charge in [-0.05, 0) is 36.8 Å². The van der Waals surface area contributed by atoms with E-state index in [4.69, 9.17) is 32.7 Å². The molecule has 134 valence electrons. The Hall–Kier alpha value is -1.95. The highest BCUT2D eigenvalue weighted by atomic mass is 35.5. The third-order valence-corrected chi connectivity index (χ3v) is 4.24. The normalized spacial score (nSPS) is 11.7. The van der Waals surface area contributed by atoms with Gasteiger partial charge in [-0.25, -0.2) is 0 Å². The highest BCUT2D eigenvalue weighted by Crippen LogP contribution is 2.29. The van der Waals surface area contributed by atoms with Gasteiger partial charge in [0.25, 0.3) is 0 Å². The van der Waals surface area contributed by atoms with Gasteiger partial charge >= 0.3 is 0 Å². The first-order valence-corrected chi connectivity index (χ1v) is 8.40. The second-order valence-corrected chi connectivity index (χ2v) is 6.23. The average Bonchev–Trinajstić information content (AvgIpc) is 2.59. The molecule has 0 bridgehead atoms. The summed E-state index contributed by atoms with van der Waals surface area (Å²) in [6.45, 7) is 2.04. The largest absolute Gasteiger partial charge is 0.497 e. The zero-order valence-electron chi connectivity index (χ0n) is 14.2. The Morgan fingerprint density at radius 2 is 1.88 bits per heavy atom. The number of carbonyl (C=O) groups is 1. The van der Waals surface area contributed by atoms with Gasteiger partial charge in [0.15, 0.2) is 0 Å². The fraction of sp³-hybridized carbons (Fsp3) is 0.278. The number of halogens is 2. The molecule has 0 saturated carbocycles. The Morgan fingerprint density at radius 1 is 1.12 bits per heavy atom. The summed E-state index contributed by atoms with van der Waals surface area (Å²) in [6.07, 6.45) is 0. The van der Waals surface area contributed by atoms with Crippen LogP contribution in [0, 0.1) is 0 Å². The zero-order valence-corrected chi connectivity index (χ0v) is 15.7. The van der Waals surface area contributed by atoms with E-state index >= 15 is 0 Å². The molecule has 0 aliphatic heterocycles. The molecule has 7 heteroatoms. The van der Waals surface area contributed by atoms with Crippen molar-refractivity contribution in [3.8, 4) is 11.5 Å². The van der Waals surface area contributed by atoms with Crippen LogP contribution in [0.4, 0.5) is 5.69 Å². The van der Waals surface area contributed by atoms with Crippen LogP contribution in [0.2, 0.25) is 10.0 Å². The molecule has 2 aromatic rings. The van der Waals surface area contributed by atoms with Crippen LogP contribution >= 0.6 is 23.2 Å². The molecule has 0 heterocycles. The molecule has 0 radical (unpaired) electrons. The Bertz CT molecular complexity index is 753. The minimum absolute atomic E-state index is 0.109. The second-order valence-electron chi connectivity index (χ2n) is 5.38. The van der Waals surface area contributed by atoms with Gasteiger partial charge < -0.3 is 20.1 Å². The maximum Gasteiger partial charge on any atom is 0.238 e. The molecule has 2 rings (SSSR count). The van der Waals surface area contributed by atoms with E-state index in [0.29, 0.717) is 27.2 Å². The molecule has 1 atom stereocenters. The van der Waals surface area contributed by atoms with E-state index in [1.165, 1.54) is 0 Å². The first kappa shape index (κ1) is 19.4. The molecule has 0 aromatic heterocycles. The van der Waals surface area contributed by atoms with Crippen molar-refractivity contribution in [2.24, 2.45) is 0 Å². The maximum atomic E-state index is 12.2. The molecule has 25 heavy (non-hydrogen) atoms. The van der Waals surface area contributed by atoms with Crippen LogP contribution in [0.25, 0.3) is 0 Å². The summed E-state index contributed by atoms with van der Waals surface area (Å²) in [7, 11) is 3.10. The van der Waals surface area contributed by atoms with Gasteiger partial charge in [-0.15, -0.1) is 0 Å². The molecule has 2 N–H and O–H groups in total. The summed E-state index contributed by atoms with van der Waals surface area (Å²) in [5.74, 6) is 0.983. The molecular weight excluding hydrogens is 363 g/mol. The van der Waals surface area contributed by atoms with Crippen molar-refractivity contribution >= 4 is 34.8 Å². The lowest BCUT2D eigenvalue weighted by Gasteiger charge is -2.16. The fourth-order valence-corrected chi connectivity index (χ4v) is 2.89. The smallest absolute Gasteiger partial charge is 0.238 e. The van der Waals surface area contributed by atoms with E-state index in [2.05, 4.69) is 10.6 Å². The van der Waals surface area contributed by atoms with Crippen LogP contribution in [0.3, 0.4) is 0 Å². The van der Waals surface area contributed by atoms with Crippen molar-refractivity contribution in [1.29, 1.82) is 0 Å². The van der Waals surface area contributed by atoms with Gasteiger partial charge in [-0.2, -0.15) is 0 Å². The van der Waals surface area contributed by atoms with Crippen LogP contribution in [0.15, 0.2) is 36.4 Å². The molecule has 1 amide bonds. The summed E-state index contributed by atoms with van der Waals surface area (Å²) in [5, 5.41) is 7.07. The van der Waals surface area contributed by atoms with Gasteiger partial charge in [0.2, 0.25) is 5.91 Å². The quantitative estimate of drug-likeness (QED) is 0.749. The van der Waals surface area contributed by atoms with Crippen LogP contribution in [-0.2, 0) is 4.79 Å². The molecule has 5 nitrogen and oxygen atoms in total. The van der Waals surface area contributed by atoms with Crippen LogP contribution in [0.1, 0.15) is 18.5 Å². The fourth-order valence-electron chi connectivity index (χ4n) is 2.31. The number of benzene rings is 2. The Labute approximate surface area is 157 Å². The van der Waals surface area contributed by atoms with Crippen LogP contribution in [-0.4, -0.2) is 26.7 Å². The third kappa shape index (κ3) is 5.26. The Balaban J connectivity index is 1.98. The topological polar surface area (TPSA) is 59.6 Å². The van der Waals surface area contributed by atoms with Crippen molar-refractivity contribution in [3.05, 3.63) is 52.0 Å². The number of amides is 1. The summed E-state index contributed by atoms with van der Waals surface area (Å²) >= 11 is 12.1. The van der Waals surface area contributed by atoms with E-state index in [0.717, 1.165) is 5.56 Å². The standard InChI is InChI=1S/C18H20Cl2N2O3/c1-11(14-6-4-12(19)8-15(14)20)21-10-18(23)22-16-9-13(24-2)5-7-17(16)25-3/h4-9,11,21H,10H2,1-3H3,(H,22,23)/t11-/m1/s1. The molecule has 0 spiro atoms. The number of nitrogens with one attached hydrogen (secondary N) is 2. The van der Waals surface area contributed by atoms with Crippen molar-refractivity contribution in [3.63, 3.8) is 0 Å². The van der Waals surface area contributed by atoms with Crippen molar-refractivity contribution in [2.75, 3.05) is 26.1 Å². The predicted octanol–water partition coefficient (Wildman–Crippen LogP) is 4.30. The molecular formula is C18H20Cl2N2O3. The van der Waals surface area contributed by atoms with Crippen molar-refractivity contribution < 1.29 is 14.3 Å². The van der Waals surface area contributed by atoms with E-state index in [9.17, 15) is 4.79 Å². The van der Waals surface area contributed by atoms with E-state index in [1.807, 2.05) is 13.0 Å². The third-order valence-electron chi connectivity index (χ3n) is 3.68. The van der Waals surface area contributed by atoms with Crippen molar-refractivity contribution in [1.82, 2.24) is 5.32 Å². The number of ether oxygens (including phenoxy) is 2. The highest BCUT2D eigenvalue weighted by Gasteiger charge is 2.13. The lowest BCUT2D eigenvalue weighted by atomic mass is 10.1. The van der Waals surface area contributed by atoms with Crippen LogP contribution < -0.4 is 20.1 Å². The monoisotopic (exact) mass is 382 g/mol.